The molecule has 0 aliphatic rings. The predicted molar refractivity (Wildman–Crippen MR) is 104 cm³/mol. The van der Waals surface area contributed by atoms with E-state index in [1.807, 2.05) is 53.3 Å². The van der Waals surface area contributed by atoms with E-state index in [4.69, 9.17) is 4.74 Å². The number of H-pyrrole nitrogens is 1. The molecule has 2 aromatic heterocycles. The third-order valence-corrected chi connectivity index (χ3v) is 4.19. The van der Waals surface area contributed by atoms with Crippen molar-refractivity contribution >= 4 is 11.9 Å². The molecule has 8 nitrogen and oxygen atoms in total. The molecule has 2 N–H and O–H groups in total. The average molecular weight is 374 g/mol. The summed E-state index contributed by atoms with van der Waals surface area (Å²) in [4.78, 5) is 16.8. The van der Waals surface area contributed by atoms with Crippen LogP contribution in [0.15, 0.2) is 67.0 Å². The van der Waals surface area contributed by atoms with Gasteiger partial charge in [0.1, 0.15) is 5.75 Å². The van der Waals surface area contributed by atoms with Crippen LogP contribution in [0.4, 0.5) is 5.95 Å². The molecule has 28 heavy (non-hydrogen) atoms. The van der Waals surface area contributed by atoms with Crippen molar-refractivity contribution in [2.75, 3.05) is 12.4 Å². The summed E-state index contributed by atoms with van der Waals surface area (Å²) in [5.74, 6) is 1.11. The van der Waals surface area contributed by atoms with Gasteiger partial charge in [-0.05, 0) is 35.9 Å². The fraction of sp³-hybridized carbons (Fsp3) is 0.100. The number of ether oxygens (including phenoxy) is 1. The normalized spacial score (nSPS) is 10.6. The lowest BCUT2D eigenvalue weighted by molar-refractivity contribution is 0.102. The van der Waals surface area contributed by atoms with Gasteiger partial charge in [0.05, 0.1) is 19.2 Å². The molecule has 4 rings (SSSR count). The Kier molecular flexibility index (Phi) is 4.83. The lowest BCUT2D eigenvalue weighted by atomic mass is 10.1. The molecule has 0 bridgehead atoms. The summed E-state index contributed by atoms with van der Waals surface area (Å²) in [6, 6.07) is 16.6. The fourth-order valence-electron chi connectivity index (χ4n) is 2.79. The third kappa shape index (κ3) is 3.75. The van der Waals surface area contributed by atoms with Crippen molar-refractivity contribution in [2.45, 2.75) is 6.54 Å². The number of carbonyl (C=O) groups is 1. The number of nitrogens with zero attached hydrogens (tertiary/aromatic N) is 4. The van der Waals surface area contributed by atoms with E-state index in [-0.39, 0.29) is 11.9 Å². The molecule has 140 valence electrons. The van der Waals surface area contributed by atoms with Gasteiger partial charge in [0.25, 0.3) is 5.91 Å². The van der Waals surface area contributed by atoms with Crippen LogP contribution >= 0.6 is 0 Å². The van der Waals surface area contributed by atoms with Crippen LogP contribution in [-0.2, 0) is 6.54 Å². The summed E-state index contributed by atoms with van der Waals surface area (Å²) in [6.45, 7) is 0.651. The van der Waals surface area contributed by atoms with E-state index < -0.39 is 0 Å². The second-order valence-corrected chi connectivity index (χ2v) is 6.06. The van der Waals surface area contributed by atoms with Crippen molar-refractivity contribution in [1.82, 2.24) is 25.0 Å². The van der Waals surface area contributed by atoms with Crippen LogP contribution in [0.5, 0.6) is 5.75 Å². The highest BCUT2D eigenvalue weighted by molar-refractivity contribution is 6.03. The molecule has 0 saturated heterocycles. The Bertz CT molecular complexity index is 1070. The number of rotatable bonds is 6. The van der Waals surface area contributed by atoms with Gasteiger partial charge in [0.15, 0.2) is 5.82 Å². The number of amides is 1. The average Bonchev–Trinajstić information content (AvgIpc) is 3.40. The minimum absolute atomic E-state index is 0.200. The first-order valence-corrected chi connectivity index (χ1v) is 8.66. The maximum atomic E-state index is 12.5. The Labute approximate surface area is 161 Å². The van der Waals surface area contributed by atoms with E-state index in [9.17, 15) is 4.79 Å². The number of para-hydroxylation sites is 1. The quantitative estimate of drug-likeness (QED) is 0.541. The molecule has 8 heteroatoms. The van der Waals surface area contributed by atoms with Crippen molar-refractivity contribution in [1.29, 1.82) is 0 Å². The highest BCUT2D eigenvalue weighted by atomic mass is 16.5. The zero-order chi connectivity index (χ0) is 19.3. The predicted octanol–water partition coefficient (Wildman–Crippen LogP) is 2.98. The zero-order valence-electron chi connectivity index (χ0n) is 15.2. The minimum Gasteiger partial charge on any atom is -0.496 e. The van der Waals surface area contributed by atoms with Crippen molar-refractivity contribution in [2.24, 2.45) is 0 Å². The summed E-state index contributed by atoms with van der Waals surface area (Å²) in [7, 11) is 1.59. The lowest BCUT2D eigenvalue weighted by Crippen LogP contribution is -2.13. The summed E-state index contributed by atoms with van der Waals surface area (Å²) in [5.41, 5.74) is 2.34. The van der Waals surface area contributed by atoms with Gasteiger partial charge in [-0.25, -0.2) is 0 Å². The minimum atomic E-state index is -0.281. The van der Waals surface area contributed by atoms with E-state index in [1.54, 1.807) is 25.4 Å². The number of hydrogen-bond donors (Lipinski definition) is 2. The van der Waals surface area contributed by atoms with Gasteiger partial charge < -0.3 is 4.74 Å². The maximum absolute atomic E-state index is 12.5. The Balaban J connectivity index is 1.44. The van der Waals surface area contributed by atoms with Crippen LogP contribution in [-0.4, -0.2) is 38.0 Å². The summed E-state index contributed by atoms with van der Waals surface area (Å²) < 4.78 is 7.15. The maximum Gasteiger partial charge on any atom is 0.258 e. The van der Waals surface area contributed by atoms with Crippen molar-refractivity contribution in [3.63, 3.8) is 0 Å². The first kappa shape index (κ1) is 17.5. The van der Waals surface area contributed by atoms with Gasteiger partial charge in [-0.3, -0.25) is 19.9 Å². The molecule has 2 heterocycles. The van der Waals surface area contributed by atoms with Gasteiger partial charge in [0, 0.05) is 18.0 Å². The highest BCUT2D eigenvalue weighted by Crippen LogP contribution is 2.27. The zero-order valence-corrected chi connectivity index (χ0v) is 15.2. The van der Waals surface area contributed by atoms with Crippen LogP contribution in [0.2, 0.25) is 0 Å². The van der Waals surface area contributed by atoms with Crippen molar-refractivity contribution in [3.05, 3.63) is 78.1 Å². The van der Waals surface area contributed by atoms with E-state index in [1.165, 1.54) is 0 Å². The second kappa shape index (κ2) is 7.75. The molecule has 0 atom stereocenters. The molecule has 0 aliphatic heterocycles. The van der Waals surface area contributed by atoms with Gasteiger partial charge in [-0.15, -0.1) is 5.10 Å². The van der Waals surface area contributed by atoms with Gasteiger partial charge in [0.2, 0.25) is 5.95 Å². The topological polar surface area (TPSA) is 97.7 Å². The second-order valence-electron chi connectivity index (χ2n) is 6.06. The Morgan fingerprint density at radius 1 is 1.14 bits per heavy atom. The summed E-state index contributed by atoms with van der Waals surface area (Å²) in [5, 5.41) is 13.8. The highest BCUT2D eigenvalue weighted by Gasteiger charge is 2.13. The van der Waals surface area contributed by atoms with Crippen LogP contribution < -0.4 is 10.1 Å². The Hall–Kier alpha value is -3.94. The largest absolute Gasteiger partial charge is 0.496 e. The molecule has 0 radical (unpaired) electrons. The molecular formula is C20H18N6O2. The van der Waals surface area contributed by atoms with Crippen LogP contribution in [0.3, 0.4) is 0 Å². The molecule has 0 fully saturated rings. The fourth-order valence-corrected chi connectivity index (χ4v) is 2.79. The number of aromatic amines is 1. The van der Waals surface area contributed by atoms with Gasteiger partial charge >= 0.3 is 0 Å². The van der Waals surface area contributed by atoms with Crippen molar-refractivity contribution < 1.29 is 9.53 Å². The monoisotopic (exact) mass is 374 g/mol. The molecule has 2 aromatic carbocycles. The van der Waals surface area contributed by atoms with Crippen molar-refractivity contribution in [3.8, 4) is 17.1 Å². The number of nitrogens with one attached hydrogen (secondary N) is 2. The number of carbonyl (C=O) groups excluding carboxylic acids is 1. The molecule has 0 aliphatic carbocycles. The van der Waals surface area contributed by atoms with E-state index in [2.05, 4.69) is 25.6 Å². The van der Waals surface area contributed by atoms with E-state index >= 15 is 0 Å². The summed E-state index contributed by atoms with van der Waals surface area (Å²) >= 11 is 0. The standard InChI is InChI=1S/C20H18N6O2/c1-28-17-6-3-2-5-16(17)18-22-20(25-24-18)23-19(27)15-9-7-14(8-10-15)13-26-12-4-11-21-26/h2-12H,13H2,1H3,(H2,22,23,24,25,27). The first-order valence-electron chi connectivity index (χ1n) is 8.66. The number of anilines is 1. The SMILES string of the molecule is COc1ccccc1-c1nc(NC(=O)c2ccc(Cn3cccn3)cc2)n[nH]1. The first-order chi connectivity index (χ1) is 13.7. The molecule has 0 unspecified atom stereocenters. The number of benzene rings is 2. The molecule has 1 amide bonds. The van der Waals surface area contributed by atoms with E-state index in [0.29, 0.717) is 23.7 Å². The number of aromatic nitrogens is 5. The Morgan fingerprint density at radius 2 is 1.96 bits per heavy atom. The van der Waals surface area contributed by atoms with E-state index in [0.717, 1.165) is 11.1 Å². The molecule has 0 spiro atoms. The van der Waals surface area contributed by atoms with Gasteiger partial charge in [-0.2, -0.15) is 10.1 Å². The number of methoxy groups -OCH3 is 1. The smallest absolute Gasteiger partial charge is 0.258 e. The molecule has 0 saturated carbocycles. The molecule has 4 aromatic rings. The Morgan fingerprint density at radius 3 is 2.71 bits per heavy atom. The number of hydrogen-bond acceptors (Lipinski definition) is 5. The molecular weight excluding hydrogens is 356 g/mol. The van der Waals surface area contributed by atoms with Crippen LogP contribution in [0, 0.1) is 0 Å². The third-order valence-electron chi connectivity index (χ3n) is 4.19. The van der Waals surface area contributed by atoms with Crippen LogP contribution in [0.25, 0.3) is 11.4 Å². The van der Waals surface area contributed by atoms with Crippen LogP contribution in [0.1, 0.15) is 15.9 Å². The summed E-state index contributed by atoms with van der Waals surface area (Å²) in [6.07, 6.45) is 3.63. The van der Waals surface area contributed by atoms with Gasteiger partial charge in [-0.1, -0.05) is 24.3 Å². The lowest BCUT2D eigenvalue weighted by Gasteiger charge is -2.05.